The van der Waals surface area contributed by atoms with Crippen LogP contribution in [0.2, 0.25) is 0 Å². The van der Waals surface area contributed by atoms with Crippen LogP contribution in [0.3, 0.4) is 0 Å². The molecule has 0 saturated heterocycles. The van der Waals surface area contributed by atoms with E-state index in [-0.39, 0.29) is 12.4 Å². The zero-order valence-electron chi connectivity index (χ0n) is 12.3. The molecule has 0 aliphatic heterocycles. The molecular formula is C19H14N2O2. The Kier molecular flexibility index (Phi) is 4.21. The standard InChI is InChI=1S/C19H14N2O2/c20-12-13-23-17-10-5-14(6-11-17)4-8-16-9-7-15-2-1-3-18(22)19(15)21-16/h1-11,22H,13H2/b8-4+. The van der Waals surface area contributed by atoms with Crippen molar-refractivity contribution >= 4 is 23.1 Å². The summed E-state index contributed by atoms with van der Waals surface area (Å²) in [5, 5.41) is 19.2. The fourth-order valence-electron chi connectivity index (χ4n) is 2.21. The van der Waals surface area contributed by atoms with Crippen molar-refractivity contribution in [1.82, 2.24) is 4.98 Å². The molecule has 23 heavy (non-hydrogen) atoms. The third-order valence-electron chi connectivity index (χ3n) is 3.35. The van der Waals surface area contributed by atoms with Gasteiger partial charge in [-0.1, -0.05) is 36.4 Å². The number of ether oxygens (including phenoxy) is 1. The molecule has 0 saturated carbocycles. The van der Waals surface area contributed by atoms with Crippen LogP contribution in [0.1, 0.15) is 11.3 Å². The average molecular weight is 302 g/mol. The summed E-state index contributed by atoms with van der Waals surface area (Å²) in [6.07, 6.45) is 3.82. The highest BCUT2D eigenvalue weighted by atomic mass is 16.5. The van der Waals surface area contributed by atoms with Gasteiger partial charge < -0.3 is 9.84 Å². The van der Waals surface area contributed by atoms with Gasteiger partial charge in [-0.15, -0.1) is 0 Å². The molecule has 0 bridgehead atoms. The van der Waals surface area contributed by atoms with E-state index in [4.69, 9.17) is 10.00 Å². The van der Waals surface area contributed by atoms with Gasteiger partial charge in [-0.3, -0.25) is 0 Å². The molecule has 4 nitrogen and oxygen atoms in total. The molecule has 3 rings (SSSR count). The molecule has 0 amide bonds. The first kappa shape index (κ1) is 14.6. The Labute approximate surface area is 133 Å². The number of para-hydroxylation sites is 1. The van der Waals surface area contributed by atoms with E-state index in [1.54, 1.807) is 12.1 Å². The zero-order valence-corrected chi connectivity index (χ0v) is 12.3. The van der Waals surface area contributed by atoms with Crippen LogP contribution in [-0.2, 0) is 0 Å². The van der Waals surface area contributed by atoms with Crippen LogP contribution in [-0.4, -0.2) is 16.7 Å². The Hall–Kier alpha value is -3.32. The average Bonchev–Trinajstić information content (AvgIpc) is 2.59. The Morgan fingerprint density at radius 2 is 1.87 bits per heavy atom. The number of pyridine rings is 1. The molecule has 2 aromatic carbocycles. The summed E-state index contributed by atoms with van der Waals surface area (Å²) >= 11 is 0. The third kappa shape index (κ3) is 3.47. The molecule has 0 atom stereocenters. The van der Waals surface area contributed by atoms with Crippen molar-refractivity contribution in [3.63, 3.8) is 0 Å². The first-order chi connectivity index (χ1) is 11.3. The van der Waals surface area contributed by atoms with Gasteiger partial charge in [0, 0.05) is 5.39 Å². The Bertz CT molecular complexity index is 893. The van der Waals surface area contributed by atoms with Crippen LogP contribution >= 0.6 is 0 Å². The van der Waals surface area contributed by atoms with E-state index in [0.29, 0.717) is 11.3 Å². The highest BCUT2D eigenvalue weighted by Gasteiger charge is 2.01. The molecule has 0 radical (unpaired) electrons. The van der Waals surface area contributed by atoms with Crippen LogP contribution in [0.4, 0.5) is 0 Å². The first-order valence-corrected chi connectivity index (χ1v) is 7.13. The normalized spacial score (nSPS) is 10.7. The van der Waals surface area contributed by atoms with E-state index in [9.17, 15) is 5.11 Å². The van der Waals surface area contributed by atoms with Gasteiger partial charge in [-0.2, -0.15) is 5.26 Å². The van der Waals surface area contributed by atoms with E-state index in [1.165, 1.54) is 0 Å². The highest BCUT2D eigenvalue weighted by Crippen LogP contribution is 2.23. The van der Waals surface area contributed by atoms with Crippen molar-refractivity contribution in [2.24, 2.45) is 0 Å². The van der Waals surface area contributed by atoms with Gasteiger partial charge in [0.05, 0.1) is 5.69 Å². The minimum absolute atomic E-state index is 0.0414. The quantitative estimate of drug-likeness (QED) is 0.790. The lowest BCUT2D eigenvalue weighted by atomic mass is 10.1. The molecule has 4 heteroatoms. The number of phenolic OH excluding ortho intramolecular Hbond substituents is 1. The van der Waals surface area contributed by atoms with E-state index in [2.05, 4.69) is 4.98 Å². The van der Waals surface area contributed by atoms with Gasteiger partial charge in [0.1, 0.15) is 23.1 Å². The molecule has 0 aliphatic rings. The van der Waals surface area contributed by atoms with Crippen molar-refractivity contribution in [2.45, 2.75) is 0 Å². The maximum Gasteiger partial charge on any atom is 0.174 e. The first-order valence-electron chi connectivity index (χ1n) is 7.13. The number of hydrogen-bond donors (Lipinski definition) is 1. The van der Waals surface area contributed by atoms with Crippen molar-refractivity contribution in [2.75, 3.05) is 6.61 Å². The Morgan fingerprint density at radius 3 is 2.65 bits per heavy atom. The second kappa shape index (κ2) is 6.63. The molecule has 1 N–H and O–H groups in total. The van der Waals surface area contributed by atoms with Crippen LogP contribution in [0.15, 0.2) is 54.6 Å². The zero-order chi connectivity index (χ0) is 16.1. The summed E-state index contributed by atoms with van der Waals surface area (Å²) in [6.45, 7) is 0.0414. The number of aromatic hydroxyl groups is 1. The Balaban J connectivity index is 1.80. The van der Waals surface area contributed by atoms with Crippen LogP contribution in [0.5, 0.6) is 11.5 Å². The van der Waals surface area contributed by atoms with Gasteiger partial charge in [-0.25, -0.2) is 4.98 Å². The molecule has 3 aromatic rings. The Morgan fingerprint density at radius 1 is 1.04 bits per heavy atom. The number of hydrogen-bond acceptors (Lipinski definition) is 4. The van der Waals surface area contributed by atoms with Gasteiger partial charge in [-0.05, 0) is 35.9 Å². The lowest BCUT2D eigenvalue weighted by Gasteiger charge is -2.02. The summed E-state index contributed by atoms with van der Waals surface area (Å²) < 4.78 is 5.21. The number of fused-ring (bicyclic) bond motifs is 1. The van der Waals surface area contributed by atoms with Crippen LogP contribution in [0, 0.1) is 11.3 Å². The summed E-state index contributed by atoms with van der Waals surface area (Å²) in [6, 6.07) is 18.5. The van der Waals surface area contributed by atoms with Crippen LogP contribution in [0.25, 0.3) is 23.1 Å². The number of benzene rings is 2. The van der Waals surface area contributed by atoms with Crippen molar-refractivity contribution in [3.8, 4) is 17.6 Å². The minimum atomic E-state index is 0.0414. The third-order valence-corrected chi connectivity index (χ3v) is 3.35. The lowest BCUT2D eigenvalue weighted by molar-refractivity contribution is 0.368. The van der Waals surface area contributed by atoms with Crippen molar-refractivity contribution in [1.29, 1.82) is 5.26 Å². The topological polar surface area (TPSA) is 66.1 Å². The second-order valence-corrected chi connectivity index (χ2v) is 4.93. The molecule has 1 aromatic heterocycles. The SMILES string of the molecule is N#CCOc1ccc(/C=C/c2ccc3cccc(O)c3n2)cc1. The molecule has 0 fully saturated rings. The predicted molar refractivity (Wildman–Crippen MR) is 89.9 cm³/mol. The summed E-state index contributed by atoms with van der Waals surface area (Å²) in [7, 11) is 0. The number of rotatable bonds is 4. The fourth-order valence-corrected chi connectivity index (χ4v) is 2.21. The summed E-state index contributed by atoms with van der Waals surface area (Å²) in [5.74, 6) is 0.842. The van der Waals surface area contributed by atoms with Gasteiger partial charge in [0.2, 0.25) is 0 Å². The number of nitrogens with zero attached hydrogens (tertiary/aromatic N) is 2. The largest absolute Gasteiger partial charge is 0.506 e. The molecule has 0 spiro atoms. The van der Waals surface area contributed by atoms with E-state index < -0.39 is 0 Å². The van der Waals surface area contributed by atoms with E-state index in [0.717, 1.165) is 16.6 Å². The van der Waals surface area contributed by atoms with Crippen molar-refractivity contribution < 1.29 is 9.84 Å². The van der Waals surface area contributed by atoms with Gasteiger partial charge >= 0.3 is 0 Å². The smallest absolute Gasteiger partial charge is 0.174 e. The number of nitriles is 1. The van der Waals surface area contributed by atoms with Crippen molar-refractivity contribution in [3.05, 3.63) is 65.9 Å². The molecule has 0 aliphatic carbocycles. The maximum absolute atomic E-state index is 9.86. The van der Waals surface area contributed by atoms with E-state index in [1.807, 2.05) is 60.7 Å². The summed E-state index contributed by atoms with van der Waals surface area (Å²) in [5.41, 5.74) is 2.35. The fraction of sp³-hybridized carbons (Fsp3) is 0.0526. The van der Waals surface area contributed by atoms with Gasteiger partial charge in [0.25, 0.3) is 0 Å². The highest BCUT2D eigenvalue weighted by molar-refractivity contribution is 5.85. The second-order valence-electron chi connectivity index (χ2n) is 4.93. The number of aromatic nitrogens is 1. The van der Waals surface area contributed by atoms with Gasteiger partial charge in [0.15, 0.2) is 6.61 Å². The predicted octanol–water partition coefficient (Wildman–Crippen LogP) is 4.01. The van der Waals surface area contributed by atoms with Crippen LogP contribution < -0.4 is 4.74 Å². The molecular weight excluding hydrogens is 288 g/mol. The molecule has 1 heterocycles. The number of phenols is 1. The minimum Gasteiger partial charge on any atom is -0.506 e. The maximum atomic E-state index is 9.86. The summed E-state index contributed by atoms with van der Waals surface area (Å²) in [4.78, 5) is 4.45. The van der Waals surface area contributed by atoms with E-state index >= 15 is 0 Å². The molecule has 112 valence electrons. The monoisotopic (exact) mass is 302 g/mol. The molecule has 0 unspecified atom stereocenters. The lowest BCUT2D eigenvalue weighted by Crippen LogP contribution is -1.92.